The summed E-state index contributed by atoms with van der Waals surface area (Å²) in [6.45, 7) is 0.553. The van der Waals surface area contributed by atoms with Crippen molar-refractivity contribution in [2.45, 2.75) is 6.54 Å². The molecule has 2 aromatic carbocycles. The van der Waals surface area contributed by atoms with Crippen LogP contribution >= 0.6 is 22.9 Å². The molecule has 1 aromatic heterocycles. The van der Waals surface area contributed by atoms with Crippen molar-refractivity contribution in [3.63, 3.8) is 0 Å². The third-order valence-electron chi connectivity index (χ3n) is 3.08. The number of thiazole rings is 1. The van der Waals surface area contributed by atoms with E-state index in [0.29, 0.717) is 6.54 Å². The monoisotopic (exact) mass is 336 g/mol. The van der Waals surface area contributed by atoms with E-state index in [1.165, 1.54) is 29.5 Å². The second kappa shape index (κ2) is 6.42. The zero-order chi connectivity index (χ0) is 15.5. The van der Waals surface area contributed by atoms with E-state index in [-0.39, 0.29) is 10.8 Å². The van der Waals surface area contributed by atoms with E-state index in [9.17, 15) is 8.78 Å². The maximum atomic E-state index is 13.2. The van der Waals surface area contributed by atoms with Gasteiger partial charge in [-0.25, -0.2) is 13.8 Å². The van der Waals surface area contributed by atoms with E-state index in [2.05, 4.69) is 10.3 Å². The molecule has 0 radical (unpaired) electrons. The molecule has 3 aromatic rings. The van der Waals surface area contributed by atoms with Crippen LogP contribution in [0.2, 0.25) is 5.02 Å². The van der Waals surface area contributed by atoms with Gasteiger partial charge in [0.15, 0.2) is 5.13 Å². The first-order valence-electron chi connectivity index (χ1n) is 6.51. The van der Waals surface area contributed by atoms with Gasteiger partial charge in [-0.05, 0) is 35.9 Å². The molecular weight excluding hydrogens is 326 g/mol. The molecule has 0 unspecified atom stereocenters. The fourth-order valence-electron chi connectivity index (χ4n) is 1.92. The van der Waals surface area contributed by atoms with E-state index in [1.54, 1.807) is 24.3 Å². The summed E-state index contributed by atoms with van der Waals surface area (Å²) in [7, 11) is 0. The molecule has 0 saturated carbocycles. The number of benzene rings is 2. The number of hydrogen-bond acceptors (Lipinski definition) is 3. The molecule has 0 fully saturated rings. The Morgan fingerprint density at radius 2 is 1.86 bits per heavy atom. The third-order valence-corrected chi connectivity index (χ3v) is 4.17. The normalized spacial score (nSPS) is 10.7. The zero-order valence-electron chi connectivity index (χ0n) is 11.3. The van der Waals surface area contributed by atoms with Crippen molar-refractivity contribution in [3.05, 3.63) is 70.1 Å². The van der Waals surface area contributed by atoms with Gasteiger partial charge in [-0.3, -0.25) is 0 Å². The van der Waals surface area contributed by atoms with Crippen LogP contribution in [0.5, 0.6) is 0 Å². The molecule has 0 aliphatic carbocycles. The summed E-state index contributed by atoms with van der Waals surface area (Å²) in [6.07, 6.45) is 0. The average Bonchev–Trinajstić information content (AvgIpc) is 2.98. The molecule has 0 atom stereocenters. The third kappa shape index (κ3) is 3.43. The van der Waals surface area contributed by atoms with Crippen molar-refractivity contribution >= 4 is 28.1 Å². The summed E-state index contributed by atoms with van der Waals surface area (Å²) in [5.74, 6) is -0.705. The summed E-state index contributed by atoms with van der Waals surface area (Å²) in [5.41, 5.74) is 2.45. The molecule has 0 saturated heterocycles. The van der Waals surface area contributed by atoms with Crippen LogP contribution in [0.25, 0.3) is 11.3 Å². The zero-order valence-corrected chi connectivity index (χ0v) is 12.9. The molecule has 2 nitrogen and oxygen atoms in total. The van der Waals surface area contributed by atoms with Crippen LogP contribution in [0.3, 0.4) is 0 Å². The SMILES string of the molecule is Fc1ccc(CNc2nc(-c3ccc(F)c(Cl)c3)cs2)cc1. The predicted octanol–water partition coefficient (Wildman–Crippen LogP) is 5.35. The van der Waals surface area contributed by atoms with Crippen LogP contribution in [0.15, 0.2) is 47.8 Å². The minimum atomic E-state index is -0.449. The van der Waals surface area contributed by atoms with Crippen molar-refractivity contribution in [2.24, 2.45) is 0 Å². The Morgan fingerprint density at radius 3 is 2.59 bits per heavy atom. The van der Waals surface area contributed by atoms with Crippen LogP contribution in [0.4, 0.5) is 13.9 Å². The molecule has 0 amide bonds. The first-order chi connectivity index (χ1) is 10.6. The van der Waals surface area contributed by atoms with Gasteiger partial charge in [0.2, 0.25) is 0 Å². The van der Waals surface area contributed by atoms with Gasteiger partial charge in [0, 0.05) is 17.5 Å². The largest absolute Gasteiger partial charge is 0.357 e. The van der Waals surface area contributed by atoms with E-state index >= 15 is 0 Å². The highest BCUT2D eigenvalue weighted by molar-refractivity contribution is 7.14. The van der Waals surface area contributed by atoms with Gasteiger partial charge in [0.1, 0.15) is 11.6 Å². The summed E-state index contributed by atoms with van der Waals surface area (Å²) in [5, 5.41) is 5.86. The highest BCUT2D eigenvalue weighted by Crippen LogP contribution is 2.28. The van der Waals surface area contributed by atoms with Gasteiger partial charge in [-0.15, -0.1) is 11.3 Å². The molecule has 0 aliphatic rings. The van der Waals surface area contributed by atoms with Crippen molar-refractivity contribution in [2.75, 3.05) is 5.32 Å². The van der Waals surface area contributed by atoms with Gasteiger partial charge in [-0.1, -0.05) is 23.7 Å². The fourth-order valence-corrected chi connectivity index (χ4v) is 2.82. The average molecular weight is 337 g/mol. The van der Waals surface area contributed by atoms with Gasteiger partial charge in [-0.2, -0.15) is 0 Å². The fraction of sp³-hybridized carbons (Fsp3) is 0.0625. The lowest BCUT2D eigenvalue weighted by Crippen LogP contribution is -1.98. The predicted molar refractivity (Wildman–Crippen MR) is 86.2 cm³/mol. The molecule has 0 bridgehead atoms. The Balaban J connectivity index is 1.70. The van der Waals surface area contributed by atoms with Gasteiger partial charge < -0.3 is 5.32 Å². The molecular formula is C16H11ClF2N2S. The lowest BCUT2D eigenvalue weighted by molar-refractivity contribution is 0.627. The van der Waals surface area contributed by atoms with Crippen molar-refractivity contribution in [1.82, 2.24) is 4.98 Å². The lowest BCUT2D eigenvalue weighted by atomic mass is 10.2. The number of aromatic nitrogens is 1. The Kier molecular flexibility index (Phi) is 4.36. The van der Waals surface area contributed by atoms with E-state index in [4.69, 9.17) is 11.6 Å². The Labute approximate surface area is 135 Å². The Bertz CT molecular complexity index is 787. The summed E-state index contributed by atoms with van der Waals surface area (Å²) in [4.78, 5) is 4.44. The molecule has 3 rings (SSSR count). The second-order valence-electron chi connectivity index (χ2n) is 4.65. The first kappa shape index (κ1) is 14.9. The molecule has 1 heterocycles. The van der Waals surface area contributed by atoms with Crippen molar-refractivity contribution in [3.8, 4) is 11.3 Å². The summed E-state index contributed by atoms with van der Waals surface area (Å²) < 4.78 is 26.0. The van der Waals surface area contributed by atoms with Crippen LogP contribution in [-0.4, -0.2) is 4.98 Å². The van der Waals surface area contributed by atoms with E-state index in [1.807, 2.05) is 5.38 Å². The maximum absolute atomic E-state index is 13.2. The summed E-state index contributed by atoms with van der Waals surface area (Å²) >= 11 is 7.22. The molecule has 0 spiro atoms. The molecule has 112 valence electrons. The maximum Gasteiger partial charge on any atom is 0.183 e. The Hall–Kier alpha value is -1.98. The van der Waals surface area contributed by atoms with Gasteiger partial charge in [0.25, 0.3) is 0 Å². The second-order valence-corrected chi connectivity index (χ2v) is 5.91. The molecule has 22 heavy (non-hydrogen) atoms. The molecule has 0 aliphatic heterocycles. The molecule has 1 N–H and O–H groups in total. The Morgan fingerprint density at radius 1 is 1.09 bits per heavy atom. The number of rotatable bonds is 4. The highest BCUT2D eigenvalue weighted by Gasteiger charge is 2.07. The minimum absolute atomic E-state index is 0.0753. The number of nitrogens with zero attached hydrogens (tertiary/aromatic N) is 1. The van der Waals surface area contributed by atoms with Crippen LogP contribution in [0.1, 0.15) is 5.56 Å². The summed E-state index contributed by atoms with van der Waals surface area (Å²) in [6, 6.07) is 10.8. The van der Waals surface area contributed by atoms with Gasteiger partial charge >= 0.3 is 0 Å². The van der Waals surface area contributed by atoms with Crippen molar-refractivity contribution in [1.29, 1.82) is 0 Å². The van der Waals surface area contributed by atoms with Crippen LogP contribution in [0, 0.1) is 11.6 Å². The van der Waals surface area contributed by atoms with Crippen molar-refractivity contribution < 1.29 is 8.78 Å². The minimum Gasteiger partial charge on any atom is -0.357 e. The lowest BCUT2D eigenvalue weighted by Gasteiger charge is -2.03. The van der Waals surface area contributed by atoms with E-state index < -0.39 is 5.82 Å². The number of hydrogen-bond donors (Lipinski definition) is 1. The first-order valence-corrected chi connectivity index (χ1v) is 7.77. The number of halogens is 3. The van der Waals surface area contributed by atoms with Crippen LogP contribution in [-0.2, 0) is 6.54 Å². The van der Waals surface area contributed by atoms with Crippen LogP contribution < -0.4 is 5.32 Å². The van der Waals surface area contributed by atoms with Gasteiger partial charge in [0.05, 0.1) is 10.7 Å². The topological polar surface area (TPSA) is 24.9 Å². The highest BCUT2D eigenvalue weighted by atomic mass is 35.5. The van der Waals surface area contributed by atoms with E-state index in [0.717, 1.165) is 22.0 Å². The standard InChI is InChI=1S/C16H11ClF2N2S/c17-13-7-11(3-6-14(13)19)15-9-22-16(21-15)20-8-10-1-4-12(18)5-2-10/h1-7,9H,8H2,(H,20,21). The molecule has 6 heteroatoms. The number of anilines is 1. The quantitative estimate of drug-likeness (QED) is 0.694. The smallest absolute Gasteiger partial charge is 0.183 e. The number of nitrogens with one attached hydrogen (secondary N) is 1.